The molecule has 1 fully saturated rings. The number of hydrogen-bond acceptors (Lipinski definition) is 5. The lowest BCUT2D eigenvalue weighted by molar-refractivity contribution is -0.120. The van der Waals surface area contributed by atoms with Crippen molar-refractivity contribution in [2.24, 2.45) is 10.9 Å². The van der Waals surface area contributed by atoms with Crippen LogP contribution in [0.3, 0.4) is 0 Å². The molecule has 2 heterocycles. The van der Waals surface area contributed by atoms with E-state index < -0.39 is 12.1 Å². The molecule has 0 unspecified atom stereocenters. The molecule has 2 aromatic carbocycles. The van der Waals surface area contributed by atoms with Gasteiger partial charge in [0, 0.05) is 6.54 Å². The predicted octanol–water partition coefficient (Wildman–Crippen LogP) is 4.23. The normalized spacial score (nSPS) is 20.1. The van der Waals surface area contributed by atoms with Crippen molar-refractivity contribution in [2.75, 3.05) is 18.5 Å². The Hall–Kier alpha value is -3.35. The lowest BCUT2D eigenvalue weighted by atomic mass is 10.1. The standard InChI is InChI=1S/C25H29N3O4/c1-17(2)21-16-31-24(27-21)19-11-6-7-12-20(19)26-23(29)22-13-8-14-28(22)25(30)32-15-18-9-4-3-5-10-18/h3-7,9-12,17,21-22H,8,13-16H2,1-2H3,(H,26,29)/t21-,22-/m1/s1. The number of amides is 2. The molecule has 32 heavy (non-hydrogen) atoms. The molecule has 2 amide bonds. The van der Waals surface area contributed by atoms with Gasteiger partial charge in [-0.25, -0.2) is 9.79 Å². The second kappa shape index (κ2) is 9.85. The molecule has 0 bridgehead atoms. The molecular formula is C25H29N3O4. The number of hydrogen-bond donors (Lipinski definition) is 1. The second-order valence-corrected chi connectivity index (χ2v) is 8.48. The highest BCUT2D eigenvalue weighted by atomic mass is 16.6. The summed E-state index contributed by atoms with van der Waals surface area (Å²) in [5.41, 5.74) is 2.29. The molecule has 4 rings (SSSR count). The zero-order valence-electron chi connectivity index (χ0n) is 18.5. The fraction of sp³-hybridized carbons (Fsp3) is 0.400. The molecule has 2 aliphatic heterocycles. The summed E-state index contributed by atoms with van der Waals surface area (Å²) in [6, 6.07) is 16.5. The van der Waals surface area contributed by atoms with E-state index in [1.54, 1.807) is 0 Å². The number of benzene rings is 2. The molecule has 0 aromatic heterocycles. The largest absolute Gasteiger partial charge is 0.475 e. The summed E-state index contributed by atoms with van der Waals surface area (Å²) in [5.74, 6) is 0.693. The SMILES string of the molecule is CC(C)[C@H]1COC(c2ccccc2NC(=O)[C@H]2CCCN2C(=O)OCc2ccccc2)=N1. The van der Waals surface area contributed by atoms with E-state index in [9.17, 15) is 9.59 Å². The minimum Gasteiger partial charge on any atom is -0.475 e. The summed E-state index contributed by atoms with van der Waals surface area (Å²) in [5, 5.41) is 2.98. The van der Waals surface area contributed by atoms with Gasteiger partial charge in [-0.2, -0.15) is 0 Å². The molecule has 7 heteroatoms. The van der Waals surface area contributed by atoms with Crippen LogP contribution in [0.15, 0.2) is 59.6 Å². The first-order chi connectivity index (χ1) is 15.5. The van der Waals surface area contributed by atoms with Gasteiger partial charge in [-0.15, -0.1) is 0 Å². The zero-order valence-corrected chi connectivity index (χ0v) is 18.5. The average molecular weight is 436 g/mol. The third-order valence-corrected chi connectivity index (χ3v) is 5.85. The first kappa shape index (κ1) is 21.9. The molecule has 0 spiro atoms. The van der Waals surface area contributed by atoms with Crippen molar-refractivity contribution in [3.05, 3.63) is 65.7 Å². The number of carbonyl (C=O) groups excluding carboxylic acids is 2. The van der Waals surface area contributed by atoms with E-state index >= 15 is 0 Å². The minimum atomic E-state index is -0.568. The number of carbonyl (C=O) groups is 2. The Labute approximate surface area is 188 Å². The average Bonchev–Trinajstić information content (AvgIpc) is 3.49. The smallest absolute Gasteiger partial charge is 0.410 e. The van der Waals surface area contributed by atoms with Crippen LogP contribution in [-0.2, 0) is 20.9 Å². The Morgan fingerprint density at radius 3 is 2.66 bits per heavy atom. The van der Waals surface area contributed by atoms with Gasteiger partial charge in [0.05, 0.1) is 17.3 Å². The van der Waals surface area contributed by atoms with Crippen LogP contribution >= 0.6 is 0 Å². The predicted molar refractivity (Wildman–Crippen MR) is 123 cm³/mol. The fourth-order valence-electron chi connectivity index (χ4n) is 3.93. The number of nitrogens with one attached hydrogen (secondary N) is 1. The molecule has 2 atom stereocenters. The molecule has 1 saturated heterocycles. The van der Waals surface area contributed by atoms with Gasteiger partial charge < -0.3 is 14.8 Å². The van der Waals surface area contributed by atoms with Gasteiger partial charge in [0.15, 0.2) is 0 Å². The van der Waals surface area contributed by atoms with E-state index in [0.717, 1.165) is 17.5 Å². The van der Waals surface area contributed by atoms with Crippen LogP contribution in [0.1, 0.15) is 37.8 Å². The zero-order chi connectivity index (χ0) is 22.5. The van der Waals surface area contributed by atoms with E-state index in [-0.39, 0.29) is 18.6 Å². The quantitative estimate of drug-likeness (QED) is 0.736. The van der Waals surface area contributed by atoms with Gasteiger partial charge >= 0.3 is 6.09 Å². The Morgan fingerprint density at radius 2 is 1.91 bits per heavy atom. The van der Waals surface area contributed by atoms with E-state index in [1.807, 2.05) is 54.6 Å². The van der Waals surface area contributed by atoms with E-state index in [0.29, 0.717) is 37.1 Å². The molecule has 2 aliphatic rings. The highest BCUT2D eigenvalue weighted by molar-refractivity contribution is 6.05. The third-order valence-electron chi connectivity index (χ3n) is 5.85. The molecule has 7 nitrogen and oxygen atoms in total. The first-order valence-electron chi connectivity index (χ1n) is 11.1. The second-order valence-electron chi connectivity index (χ2n) is 8.48. The summed E-state index contributed by atoms with van der Waals surface area (Å²) >= 11 is 0. The van der Waals surface area contributed by atoms with Crippen LogP contribution in [0.4, 0.5) is 10.5 Å². The highest BCUT2D eigenvalue weighted by Gasteiger charge is 2.35. The molecule has 1 N–H and O–H groups in total. The van der Waals surface area contributed by atoms with Crippen LogP contribution in [0.25, 0.3) is 0 Å². The van der Waals surface area contributed by atoms with Gasteiger partial charge in [-0.3, -0.25) is 9.69 Å². The molecule has 2 aromatic rings. The number of ether oxygens (including phenoxy) is 2. The Morgan fingerprint density at radius 1 is 1.16 bits per heavy atom. The highest BCUT2D eigenvalue weighted by Crippen LogP contribution is 2.25. The van der Waals surface area contributed by atoms with Crippen LogP contribution < -0.4 is 5.32 Å². The van der Waals surface area contributed by atoms with E-state index in [4.69, 9.17) is 9.47 Å². The van der Waals surface area contributed by atoms with Crippen molar-refractivity contribution < 1.29 is 19.1 Å². The summed E-state index contributed by atoms with van der Waals surface area (Å²) in [4.78, 5) is 31.9. The first-order valence-corrected chi connectivity index (χ1v) is 11.1. The maximum absolute atomic E-state index is 13.1. The van der Waals surface area contributed by atoms with Crippen molar-refractivity contribution >= 4 is 23.6 Å². The van der Waals surface area contributed by atoms with Gasteiger partial charge in [0.1, 0.15) is 19.3 Å². The monoisotopic (exact) mass is 435 g/mol. The molecule has 0 radical (unpaired) electrons. The number of likely N-dealkylation sites (tertiary alicyclic amines) is 1. The Bertz CT molecular complexity index is 990. The van der Waals surface area contributed by atoms with Crippen LogP contribution in [0.5, 0.6) is 0 Å². The van der Waals surface area contributed by atoms with E-state index in [2.05, 4.69) is 24.2 Å². The lowest BCUT2D eigenvalue weighted by Gasteiger charge is -2.23. The minimum absolute atomic E-state index is 0.110. The number of anilines is 1. The topological polar surface area (TPSA) is 80.2 Å². The fourth-order valence-corrected chi connectivity index (χ4v) is 3.93. The maximum atomic E-state index is 13.1. The van der Waals surface area contributed by atoms with Gasteiger partial charge in [0.2, 0.25) is 11.8 Å². The van der Waals surface area contributed by atoms with E-state index in [1.165, 1.54) is 4.90 Å². The van der Waals surface area contributed by atoms with Crippen molar-refractivity contribution in [3.8, 4) is 0 Å². The summed E-state index contributed by atoms with van der Waals surface area (Å²) in [6.07, 6.45) is 0.885. The molecule has 0 saturated carbocycles. The third kappa shape index (κ3) is 4.93. The van der Waals surface area contributed by atoms with Crippen LogP contribution in [0, 0.1) is 5.92 Å². The Balaban J connectivity index is 1.42. The van der Waals surface area contributed by atoms with Crippen molar-refractivity contribution in [1.29, 1.82) is 0 Å². The maximum Gasteiger partial charge on any atom is 0.410 e. The molecular weight excluding hydrogens is 406 g/mol. The number of para-hydroxylation sites is 1. The number of nitrogens with zero attached hydrogens (tertiary/aromatic N) is 2. The van der Waals surface area contributed by atoms with Gasteiger partial charge in [-0.05, 0) is 36.5 Å². The lowest BCUT2D eigenvalue weighted by Crippen LogP contribution is -2.43. The van der Waals surface area contributed by atoms with Crippen LogP contribution in [-0.4, -0.2) is 48.0 Å². The van der Waals surface area contributed by atoms with Crippen molar-refractivity contribution in [2.45, 2.75) is 45.4 Å². The van der Waals surface area contributed by atoms with Crippen LogP contribution in [0.2, 0.25) is 0 Å². The number of aliphatic imine (C=N–C) groups is 1. The molecule has 168 valence electrons. The van der Waals surface area contributed by atoms with Gasteiger partial charge in [-0.1, -0.05) is 56.3 Å². The number of rotatable bonds is 6. The summed E-state index contributed by atoms with van der Waals surface area (Å²) in [7, 11) is 0. The van der Waals surface area contributed by atoms with Gasteiger partial charge in [0.25, 0.3) is 0 Å². The summed E-state index contributed by atoms with van der Waals surface area (Å²) < 4.78 is 11.3. The van der Waals surface area contributed by atoms with Crippen molar-refractivity contribution in [1.82, 2.24) is 4.90 Å². The van der Waals surface area contributed by atoms with Crippen molar-refractivity contribution in [3.63, 3.8) is 0 Å². The Kier molecular flexibility index (Phi) is 6.73. The molecule has 0 aliphatic carbocycles. The summed E-state index contributed by atoms with van der Waals surface area (Å²) in [6.45, 7) is 5.44.